The zero-order valence-corrected chi connectivity index (χ0v) is 11.9. The molecule has 0 bridgehead atoms. The second-order valence-corrected chi connectivity index (χ2v) is 5.00. The monoisotopic (exact) mass is 432 g/mol. The molecule has 0 aliphatic heterocycles. The maximum atomic E-state index is 9.89. The summed E-state index contributed by atoms with van der Waals surface area (Å²) in [5, 5.41) is 0. The van der Waals surface area contributed by atoms with E-state index in [-0.39, 0.29) is 18.6 Å². The third-order valence-electron chi connectivity index (χ3n) is 0. The fourth-order valence-electron chi connectivity index (χ4n) is 0. The van der Waals surface area contributed by atoms with E-state index in [1.807, 2.05) is 0 Å². The van der Waals surface area contributed by atoms with Crippen LogP contribution < -0.4 is 0 Å². The van der Waals surface area contributed by atoms with Crippen LogP contribution in [0.3, 0.4) is 0 Å². The van der Waals surface area contributed by atoms with E-state index in [1.165, 1.54) is 0 Å². The molecule has 0 atom stereocenters. The van der Waals surface area contributed by atoms with Gasteiger partial charge < -0.3 is 0 Å². The smallest absolute Gasteiger partial charge is 0 e. The van der Waals surface area contributed by atoms with E-state index in [1.54, 1.807) is 0 Å². The molecule has 0 saturated carbocycles. The summed E-state index contributed by atoms with van der Waals surface area (Å²) in [4.78, 5) is 0. The minimum Gasteiger partial charge on any atom is 0 e. The Kier molecular flexibility index (Phi) is 15.4. The van der Waals surface area contributed by atoms with Gasteiger partial charge in [0.2, 0.25) is 0 Å². The van der Waals surface area contributed by atoms with Crippen LogP contribution in [0, 0.1) is 0 Å². The minimum atomic E-state index is -8.99. The molecule has 0 heterocycles. The summed E-state index contributed by atoms with van der Waals surface area (Å²) < 4.78 is 118. The van der Waals surface area contributed by atoms with Crippen LogP contribution in [0.4, 0.5) is 40.9 Å². The first kappa shape index (κ1) is 26.1. The van der Waals surface area contributed by atoms with Crippen LogP contribution in [0.15, 0.2) is 0 Å². The average molecular weight is 432 g/mol. The van der Waals surface area contributed by atoms with E-state index >= 15 is 0 Å². The molecule has 104 valence electrons. The Morgan fingerprint density at radius 2 is 0.688 bits per heavy atom. The Morgan fingerprint density at radius 3 is 0.688 bits per heavy atom. The van der Waals surface area contributed by atoms with Gasteiger partial charge >= 0.3 is 88.8 Å². The normalized spacial score (nSPS) is 13.2. The van der Waals surface area contributed by atoms with Crippen LogP contribution in [0.1, 0.15) is 0 Å². The number of hydrogen-bond acceptors (Lipinski definition) is 0. The van der Waals surface area contributed by atoms with Gasteiger partial charge in [0.1, 0.15) is 0 Å². The van der Waals surface area contributed by atoms with E-state index in [0.717, 1.165) is 0 Å². The Bertz CT molecular complexity index is 121. The van der Waals surface area contributed by atoms with Crippen LogP contribution >= 0.6 is 0 Å². The van der Waals surface area contributed by atoms with Crippen LogP contribution in [-0.2, 0) is 66.4 Å². The minimum absolute atomic E-state index is 0. The number of halogens is 12. The summed E-state index contributed by atoms with van der Waals surface area (Å²) in [6, 6.07) is 0. The van der Waals surface area contributed by atoms with Crippen LogP contribution in [0.5, 0.6) is 0 Å². The van der Waals surface area contributed by atoms with Gasteiger partial charge in [-0.05, 0) is 0 Å². The molecule has 0 amide bonds. The standard InChI is InChI=1S/12FH.4V/h12*1H;;;;/q;;;;;;;;;;;;;+3;+4;+5/p-12. The Hall–Kier alpha value is 1.50. The predicted molar refractivity (Wildman–Crippen MR) is 13.3 cm³/mol. The van der Waals surface area contributed by atoms with Crippen molar-refractivity contribution in [2.45, 2.75) is 0 Å². The van der Waals surface area contributed by atoms with Gasteiger partial charge in [-0.3, -0.25) is 0 Å². The molecule has 0 N–H and O–H groups in total. The molecule has 16 heavy (non-hydrogen) atoms. The molecular formula is F12V4. The van der Waals surface area contributed by atoms with Crippen LogP contribution in [0.2, 0.25) is 0 Å². The van der Waals surface area contributed by atoms with E-state index < -0.39 is 47.9 Å². The third kappa shape index (κ3) is 1450. The van der Waals surface area contributed by atoms with Crippen molar-refractivity contribution in [3.8, 4) is 0 Å². The molecule has 0 rings (SSSR count). The molecule has 0 aliphatic carbocycles. The number of rotatable bonds is 0. The van der Waals surface area contributed by atoms with E-state index in [0.29, 0.717) is 0 Å². The first-order chi connectivity index (χ1) is 5.97. The van der Waals surface area contributed by atoms with E-state index in [4.69, 9.17) is 0 Å². The van der Waals surface area contributed by atoms with Crippen LogP contribution in [-0.4, -0.2) is 0 Å². The van der Waals surface area contributed by atoms with Crippen molar-refractivity contribution in [1.82, 2.24) is 0 Å². The van der Waals surface area contributed by atoms with Gasteiger partial charge in [0, 0.05) is 18.6 Å². The molecule has 0 aromatic carbocycles. The summed E-state index contributed by atoms with van der Waals surface area (Å²) in [6.45, 7) is 0. The second kappa shape index (κ2) is 9.43. The first-order valence-electron chi connectivity index (χ1n) is 2.03. The van der Waals surface area contributed by atoms with Gasteiger partial charge in [-0.25, -0.2) is 0 Å². The molecule has 16 heteroatoms. The summed E-state index contributed by atoms with van der Waals surface area (Å²) in [7, 11) is 0. The van der Waals surface area contributed by atoms with Crippen molar-refractivity contribution in [2.75, 3.05) is 0 Å². The third-order valence-corrected chi connectivity index (χ3v) is 0. The van der Waals surface area contributed by atoms with Gasteiger partial charge in [0.25, 0.3) is 0 Å². The number of hydrogen-bond donors (Lipinski definition) is 0. The summed E-state index contributed by atoms with van der Waals surface area (Å²) in [5.74, 6) is 0. The van der Waals surface area contributed by atoms with E-state index in [2.05, 4.69) is 0 Å². The molecule has 0 aromatic heterocycles. The van der Waals surface area contributed by atoms with Gasteiger partial charge in [-0.1, -0.05) is 0 Å². The fourth-order valence-corrected chi connectivity index (χ4v) is 0. The molecule has 0 aromatic rings. The largest absolute Gasteiger partial charge is 0 e. The van der Waals surface area contributed by atoms with Gasteiger partial charge in [-0.15, -0.1) is 0 Å². The molecular weight excluding hydrogens is 432 g/mol. The topological polar surface area (TPSA) is 0 Å². The van der Waals surface area contributed by atoms with Gasteiger partial charge in [0.15, 0.2) is 0 Å². The summed E-state index contributed by atoms with van der Waals surface area (Å²) in [5.41, 5.74) is 0. The molecule has 0 fully saturated rings. The molecule has 1 radical (unpaired) electrons. The van der Waals surface area contributed by atoms with Gasteiger partial charge in [-0.2, -0.15) is 0 Å². The van der Waals surface area contributed by atoms with Crippen molar-refractivity contribution in [3.63, 3.8) is 0 Å². The molecule has 0 aliphatic rings. The fraction of sp³-hybridized carbons (Fsp3) is 0. The van der Waals surface area contributed by atoms with Crippen molar-refractivity contribution in [2.24, 2.45) is 0 Å². The summed E-state index contributed by atoms with van der Waals surface area (Å²) in [6.07, 6.45) is 0. The maximum absolute atomic E-state index is 9.89. The first-order valence-corrected chi connectivity index (χ1v) is 8.36. The molecule has 0 spiro atoms. The Morgan fingerprint density at radius 1 is 0.688 bits per heavy atom. The van der Waals surface area contributed by atoms with E-state index in [9.17, 15) is 40.9 Å². The summed E-state index contributed by atoms with van der Waals surface area (Å²) >= 11 is -20.6. The van der Waals surface area contributed by atoms with Crippen LogP contribution in [0.25, 0.3) is 0 Å². The average Bonchev–Trinajstić information content (AvgIpc) is 1.42. The molecule has 0 saturated heterocycles. The van der Waals surface area contributed by atoms with Crippen molar-refractivity contribution < 1.29 is 107 Å². The zero-order valence-electron chi connectivity index (χ0n) is 6.32. The van der Waals surface area contributed by atoms with Gasteiger partial charge in [0.05, 0.1) is 0 Å². The van der Waals surface area contributed by atoms with Crippen molar-refractivity contribution >= 4 is 0 Å². The zero-order chi connectivity index (χ0) is 13.5. The maximum Gasteiger partial charge on any atom is 0 e. The van der Waals surface area contributed by atoms with Crippen molar-refractivity contribution in [3.05, 3.63) is 0 Å². The Labute approximate surface area is 107 Å². The SMILES string of the molecule is [F][V]([F])([F])([F])[F].[F][V]([F])([F])[F].[F][V]([F])[F].[V]. The Balaban J connectivity index is -0.0000000668. The quantitative estimate of drug-likeness (QED) is 0.472. The predicted octanol–water partition coefficient (Wildman–Crippen LogP) is 5.03. The second-order valence-electron chi connectivity index (χ2n) is 1.21. The van der Waals surface area contributed by atoms with Crippen molar-refractivity contribution in [1.29, 1.82) is 0 Å². The molecule has 0 nitrogen and oxygen atoms in total. The molecule has 0 unspecified atom stereocenters.